The molecule has 1 aliphatic rings. The lowest BCUT2D eigenvalue weighted by Crippen LogP contribution is -2.47. The van der Waals surface area contributed by atoms with Crippen molar-refractivity contribution in [1.82, 2.24) is 10.2 Å². The van der Waals surface area contributed by atoms with Gasteiger partial charge in [-0.05, 0) is 37.8 Å². The molecule has 0 saturated carbocycles. The standard InChI is InChI=1S/C16H22N2O3/c1-12-7-4-5-8-13(12)9-6-10-18-14(19)16(2,11-21-3)17-15(18)20/h4-5,7-8H,6,9-11H2,1-3H3,(H,17,20)/t16-/m0/s1. The van der Waals surface area contributed by atoms with E-state index in [4.69, 9.17) is 4.74 Å². The summed E-state index contributed by atoms with van der Waals surface area (Å²) in [6.45, 7) is 4.38. The molecule has 1 aromatic carbocycles. The average Bonchev–Trinajstić information content (AvgIpc) is 2.64. The van der Waals surface area contributed by atoms with Gasteiger partial charge in [-0.25, -0.2) is 4.79 Å². The molecule has 0 radical (unpaired) electrons. The fourth-order valence-corrected chi connectivity index (χ4v) is 2.65. The van der Waals surface area contributed by atoms with E-state index in [0.717, 1.165) is 12.8 Å². The second kappa shape index (κ2) is 6.26. The lowest BCUT2D eigenvalue weighted by atomic mass is 10.0. The summed E-state index contributed by atoms with van der Waals surface area (Å²) in [5.74, 6) is -0.209. The molecule has 1 aliphatic heterocycles. The topological polar surface area (TPSA) is 58.6 Å². The number of carbonyl (C=O) groups excluding carboxylic acids is 2. The Morgan fingerprint density at radius 3 is 2.67 bits per heavy atom. The van der Waals surface area contributed by atoms with Crippen molar-refractivity contribution in [2.24, 2.45) is 0 Å². The Morgan fingerprint density at radius 2 is 2.00 bits per heavy atom. The molecule has 0 spiro atoms. The molecule has 1 aromatic rings. The fourth-order valence-electron chi connectivity index (χ4n) is 2.65. The third kappa shape index (κ3) is 3.24. The summed E-state index contributed by atoms with van der Waals surface area (Å²) >= 11 is 0. The summed E-state index contributed by atoms with van der Waals surface area (Å²) in [7, 11) is 1.52. The van der Waals surface area contributed by atoms with Crippen LogP contribution in [-0.2, 0) is 16.0 Å². The summed E-state index contributed by atoms with van der Waals surface area (Å²) < 4.78 is 5.02. The van der Waals surface area contributed by atoms with Crippen LogP contribution in [-0.4, -0.2) is 42.6 Å². The van der Waals surface area contributed by atoms with Crippen LogP contribution in [0.3, 0.4) is 0 Å². The van der Waals surface area contributed by atoms with E-state index in [-0.39, 0.29) is 18.5 Å². The predicted octanol–water partition coefficient (Wildman–Crippen LogP) is 1.88. The highest BCUT2D eigenvalue weighted by atomic mass is 16.5. The van der Waals surface area contributed by atoms with E-state index in [0.29, 0.717) is 6.54 Å². The van der Waals surface area contributed by atoms with E-state index in [1.807, 2.05) is 12.1 Å². The van der Waals surface area contributed by atoms with Crippen molar-refractivity contribution in [3.8, 4) is 0 Å². The van der Waals surface area contributed by atoms with Crippen molar-refractivity contribution in [3.63, 3.8) is 0 Å². The lowest BCUT2D eigenvalue weighted by Gasteiger charge is -2.20. The van der Waals surface area contributed by atoms with Crippen molar-refractivity contribution in [2.45, 2.75) is 32.2 Å². The van der Waals surface area contributed by atoms with Gasteiger partial charge in [-0.15, -0.1) is 0 Å². The molecule has 0 aliphatic carbocycles. The minimum atomic E-state index is -0.936. The number of carbonyl (C=O) groups is 2. The zero-order valence-electron chi connectivity index (χ0n) is 12.8. The van der Waals surface area contributed by atoms with Crippen LogP contribution in [0, 0.1) is 6.92 Å². The number of hydrogen-bond acceptors (Lipinski definition) is 3. The van der Waals surface area contributed by atoms with Gasteiger partial charge >= 0.3 is 6.03 Å². The lowest BCUT2D eigenvalue weighted by molar-refractivity contribution is -0.132. The predicted molar refractivity (Wildman–Crippen MR) is 80.0 cm³/mol. The number of nitrogens with zero attached hydrogens (tertiary/aromatic N) is 1. The molecule has 21 heavy (non-hydrogen) atoms. The summed E-state index contributed by atoms with van der Waals surface area (Å²) in [6.07, 6.45) is 1.61. The number of hydrogen-bond donors (Lipinski definition) is 1. The molecule has 3 amide bonds. The molecular weight excluding hydrogens is 268 g/mol. The number of rotatable bonds is 6. The van der Waals surface area contributed by atoms with Gasteiger partial charge in [-0.2, -0.15) is 0 Å². The van der Waals surface area contributed by atoms with Gasteiger partial charge in [0.25, 0.3) is 5.91 Å². The van der Waals surface area contributed by atoms with Crippen LogP contribution in [0.25, 0.3) is 0 Å². The Kier molecular flexibility index (Phi) is 4.63. The first-order chi connectivity index (χ1) is 9.98. The summed E-state index contributed by atoms with van der Waals surface area (Å²) in [6, 6.07) is 7.83. The molecule has 5 heteroatoms. The maximum atomic E-state index is 12.3. The maximum Gasteiger partial charge on any atom is 0.325 e. The zero-order chi connectivity index (χ0) is 15.5. The molecule has 2 rings (SSSR count). The molecule has 1 fully saturated rings. The number of ether oxygens (including phenoxy) is 1. The van der Waals surface area contributed by atoms with Gasteiger partial charge in [0.2, 0.25) is 0 Å². The largest absolute Gasteiger partial charge is 0.382 e. The fraction of sp³-hybridized carbons (Fsp3) is 0.500. The van der Waals surface area contributed by atoms with E-state index in [1.54, 1.807) is 6.92 Å². The monoisotopic (exact) mass is 290 g/mol. The van der Waals surface area contributed by atoms with Crippen molar-refractivity contribution in [1.29, 1.82) is 0 Å². The van der Waals surface area contributed by atoms with Crippen molar-refractivity contribution in [3.05, 3.63) is 35.4 Å². The molecule has 1 heterocycles. The Labute approximate surface area is 125 Å². The number of nitrogens with one attached hydrogen (secondary N) is 1. The first-order valence-corrected chi connectivity index (χ1v) is 7.15. The van der Waals surface area contributed by atoms with Gasteiger partial charge in [0.1, 0.15) is 5.54 Å². The van der Waals surface area contributed by atoms with Gasteiger partial charge in [0.15, 0.2) is 0 Å². The highest BCUT2D eigenvalue weighted by Crippen LogP contribution is 2.19. The molecular formula is C16H22N2O3. The van der Waals surface area contributed by atoms with Crippen LogP contribution in [0.1, 0.15) is 24.5 Å². The van der Waals surface area contributed by atoms with Crippen LogP contribution in [0.5, 0.6) is 0 Å². The molecule has 1 saturated heterocycles. The van der Waals surface area contributed by atoms with Crippen LogP contribution < -0.4 is 5.32 Å². The molecule has 0 unspecified atom stereocenters. The van der Waals surface area contributed by atoms with Crippen molar-refractivity contribution >= 4 is 11.9 Å². The minimum Gasteiger partial charge on any atom is -0.382 e. The molecule has 0 bridgehead atoms. The Hall–Kier alpha value is -1.88. The van der Waals surface area contributed by atoms with Gasteiger partial charge in [0, 0.05) is 13.7 Å². The number of amides is 3. The van der Waals surface area contributed by atoms with E-state index < -0.39 is 5.54 Å². The number of urea groups is 1. The third-order valence-electron chi connectivity index (χ3n) is 3.87. The van der Waals surface area contributed by atoms with Gasteiger partial charge < -0.3 is 10.1 Å². The van der Waals surface area contributed by atoms with E-state index in [9.17, 15) is 9.59 Å². The summed E-state index contributed by atoms with van der Waals surface area (Å²) in [4.78, 5) is 25.5. The zero-order valence-corrected chi connectivity index (χ0v) is 12.8. The first-order valence-electron chi connectivity index (χ1n) is 7.15. The second-order valence-corrected chi connectivity index (χ2v) is 5.68. The molecule has 0 aromatic heterocycles. The highest BCUT2D eigenvalue weighted by molar-refractivity contribution is 6.06. The van der Waals surface area contributed by atoms with Crippen molar-refractivity contribution < 1.29 is 14.3 Å². The highest BCUT2D eigenvalue weighted by Gasteiger charge is 2.47. The Balaban J connectivity index is 1.93. The number of benzene rings is 1. The smallest absolute Gasteiger partial charge is 0.325 e. The van der Waals surface area contributed by atoms with Crippen LogP contribution in [0.4, 0.5) is 4.79 Å². The van der Waals surface area contributed by atoms with Crippen LogP contribution >= 0.6 is 0 Å². The van der Waals surface area contributed by atoms with Gasteiger partial charge in [-0.3, -0.25) is 9.69 Å². The SMILES string of the molecule is COC[C@]1(C)NC(=O)N(CCCc2ccccc2C)C1=O. The Morgan fingerprint density at radius 1 is 1.29 bits per heavy atom. The minimum absolute atomic E-state index is 0.186. The average molecular weight is 290 g/mol. The molecule has 114 valence electrons. The summed E-state index contributed by atoms with van der Waals surface area (Å²) in [5.41, 5.74) is 1.55. The molecule has 5 nitrogen and oxygen atoms in total. The maximum absolute atomic E-state index is 12.3. The Bertz CT molecular complexity index is 544. The number of aryl methyl sites for hydroxylation is 2. The normalized spacial score (nSPS) is 21.8. The van der Waals surface area contributed by atoms with Crippen LogP contribution in [0.2, 0.25) is 0 Å². The number of methoxy groups -OCH3 is 1. The molecule has 1 N–H and O–H groups in total. The van der Waals surface area contributed by atoms with E-state index in [1.165, 1.54) is 23.1 Å². The first kappa shape index (κ1) is 15.5. The summed E-state index contributed by atoms with van der Waals surface area (Å²) in [5, 5.41) is 2.70. The van der Waals surface area contributed by atoms with Crippen LogP contribution in [0.15, 0.2) is 24.3 Å². The quantitative estimate of drug-likeness (QED) is 0.814. The number of imide groups is 1. The van der Waals surface area contributed by atoms with Crippen molar-refractivity contribution in [2.75, 3.05) is 20.3 Å². The van der Waals surface area contributed by atoms with E-state index >= 15 is 0 Å². The van der Waals surface area contributed by atoms with Gasteiger partial charge in [-0.1, -0.05) is 24.3 Å². The third-order valence-corrected chi connectivity index (χ3v) is 3.87. The molecule has 1 atom stereocenters. The van der Waals surface area contributed by atoms with E-state index in [2.05, 4.69) is 24.4 Å². The van der Waals surface area contributed by atoms with Gasteiger partial charge in [0.05, 0.1) is 6.61 Å². The second-order valence-electron chi connectivity index (χ2n) is 5.68.